The number of benzene rings is 1. The molecule has 0 atom stereocenters. The van der Waals surface area contributed by atoms with E-state index >= 15 is 0 Å². The van der Waals surface area contributed by atoms with Crippen LogP contribution in [0.5, 0.6) is 5.75 Å². The number of nitrogens with zero attached hydrogens (tertiary/aromatic N) is 7. The Bertz CT molecular complexity index is 1730. The first kappa shape index (κ1) is 28.4. The van der Waals surface area contributed by atoms with E-state index in [1.54, 1.807) is 30.1 Å². The van der Waals surface area contributed by atoms with Gasteiger partial charge in [-0.1, -0.05) is 0 Å². The minimum atomic E-state index is -0.853. The number of nitrogens with one attached hydrogen (secondary N) is 2. The molecule has 1 aliphatic rings. The predicted molar refractivity (Wildman–Crippen MR) is 156 cm³/mol. The topological polar surface area (TPSA) is 144 Å². The van der Waals surface area contributed by atoms with Gasteiger partial charge in [-0.25, -0.2) is 13.5 Å². The van der Waals surface area contributed by atoms with Gasteiger partial charge in [0.1, 0.15) is 11.5 Å². The van der Waals surface area contributed by atoms with Crippen LogP contribution < -0.4 is 26.0 Å². The standard InChI is InChI=1S/C28H32F2N10O3/c1-32-4-5-33-26(41)17-43-25-15-23(19(29)13-20(25)30)38-9-6-37(7-10-38)8-11-39-27-18(16-34-39)22-14-21(24-3-2-12-42-24)36-40(22)28(31)35-27/h2-3,12-16,32H,4-11,17H2,1H3,(H2,31,35)(H,33,41). The van der Waals surface area contributed by atoms with Crippen LogP contribution in [0.4, 0.5) is 20.4 Å². The number of nitrogen functional groups attached to an aromatic ring is 1. The van der Waals surface area contributed by atoms with Crippen LogP contribution in [0.15, 0.2) is 47.2 Å². The molecule has 13 nitrogen and oxygen atoms in total. The third-order valence-electron chi connectivity index (χ3n) is 7.41. The molecule has 1 aliphatic heterocycles. The second kappa shape index (κ2) is 12.2. The van der Waals surface area contributed by atoms with Gasteiger partial charge in [0, 0.05) is 57.9 Å². The van der Waals surface area contributed by atoms with Gasteiger partial charge in [-0.3, -0.25) is 9.69 Å². The highest BCUT2D eigenvalue weighted by Gasteiger charge is 2.23. The lowest BCUT2D eigenvalue weighted by Gasteiger charge is -2.36. The molecule has 1 fully saturated rings. The number of halogens is 2. The zero-order valence-electron chi connectivity index (χ0n) is 23.6. The van der Waals surface area contributed by atoms with Crippen LogP contribution in [0.3, 0.4) is 0 Å². The van der Waals surface area contributed by atoms with Crippen molar-refractivity contribution in [1.29, 1.82) is 0 Å². The Morgan fingerprint density at radius 2 is 1.95 bits per heavy atom. The minimum Gasteiger partial charge on any atom is -0.481 e. The lowest BCUT2D eigenvalue weighted by Crippen LogP contribution is -2.47. The maximum atomic E-state index is 14.7. The Labute approximate surface area is 245 Å². The number of likely N-dealkylation sites (N-methyl/N-ethyl adjacent to an activating group) is 1. The first-order chi connectivity index (χ1) is 20.9. The second-order valence-corrected chi connectivity index (χ2v) is 10.2. The van der Waals surface area contributed by atoms with Crippen molar-refractivity contribution in [2.45, 2.75) is 6.54 Å². The number of carbonyl (C=O) groups excluding carboxylic acids is 1. The Morgan fingerprint density at radius 3 is 2.72 bits per heavy atom. The molecule has 0 bridgehead atoms. The lowest BCUT2D eigenvalue weighted by atomic mass is 10.2. The van der Waals surface area contributed by atoms with Gasteiger partial charge in [-0.05, 0) is 25.2 Å². The number of hydrogen-bond acceptors (Lipinski definition) is 10. The Kier molecular flexibility index (Phi) is 8.07. The van der Waals surface area contributed by atoms with E-state index in [0.29, 0.717) is 69.5 Å². The van der Waals surface area contributed by atoms with Gasteiger partial charge >= 0.3 is 0 Å². The average molecular weight is 595 g/mol. The van der Waals surface area contributed by atoms with Crippen LogP contribution in [-0.2, 0) is 11.3 Å². The molecular formula is C28H32F2N10O3. The smallest absolute Gasteiger partial charge is 0.257 e. The molecule has 0 saturated carbocycles. The second-order valence-electron chi connectivity index (χ2n) is 10.2. The summed E-state index contributed by atoms with van der Waals surface area (Å²) in [5.74, 6) is -1.20. The predicted octanol–water partition coefficient (Wildman–Crippen LogP) is 1.74. The Hall–Kier alpha value is -4.76. The summed E-state index contributed by atoms with van der Waals surface area (Å²) < 4.78 is 43.4. The van der Waals surface area contributed by atoms with E-state index in [4.69, 9.17) is 14.9 Å². The highest BCUT2D eigenvalue weighted by atomic mass is 19.1. The zero-order chi connectivity index (χ0) is 29.9. The first-order valence-electron chi connectivity index (χ1n) is 14.0. The van der Waals surface area contributed by atoms with Crippen molar-refractivity contribution in [3.05, 3.63) is 54.4 Å². The van der Waals surface area contributed by atoms with E-state index in [1.165, 1.54) is 6.07 Å². The van der Waals surface area contributed by atoms with Gasteiger partial charge in [0.25, 0.3) is 5.91 Å². The molecule has 4 N–H and O–H groups in total. The zero-order valence-corrected chi connectivity index (χ0v) is 23.6. The van der Waals surface area contributed by atoms with E-state index < -0.39 is 11.6 Å². The van der Waals surface area contributed by atoms with Crippen molar-refractivity contribution in [2.75, 3.05) is 70.1 Å². The fourth-order valence-electron chi connectivity index (χ4n) is 5.13. The van der Waals surface area contributed by atoms with Crippen LogP contribution in [0, 0.1) is 11.6 Å². The SMILES string of the molecule is CNCCNC(=O)COc1cc(N2CCN(CCn3ncc4c3nc(N)n3nc(-c5ccco5)cc43)CC2)c(F)cc1F. The van der Waals surface area contributed by atoms with Crippen LogP contribution in [0.25, 0.3) is 28.0 Å². The molecule has 0 radical (unpaired) electrons. The van der Waals surface area contributed by atoms with E-state index in [2.05, 4.69) is 30.7 Å². The van der Waals surface area contributed by atoms with Crippen molar-refractivity contribution in [1.82, 2.24) is 39.9 Å². The fourth-order valence-corrected chi connectivity index (χ4v) is 5.13. The van der Waals surface area contributed by atoms with Gasteiger partial charge < -0.3 is 30.4 Å². The Balaban J connectivity index is 1.07. The third-order valence-corrected chi connectivity index (χ3v) is 7.41. The summed E-state index contributed by atoms with van der Waals surface area (Å²) >= 11 is 0. The molecule has 5 aromatic rings. The highest BCUT2D eigenvalue weighted by molar-refractivity contribution is 5.93. The number of carbonyl (C=O) groups is 1. The molecule has 5 heterocycles. The van der Waals surface area contributed by atoms with Gasteiger partial charge in [0.15, 0.2) is 29.6 Å². The van der Waals surface area contributed by atoms with Crippen molar-refractivity contribution in [3.63, 3.8) is 0 Å². The van der Waals surface area contributed by atoms with Crippen molar-refractivity contribution in [3.8, 4) is 17.2 Å². The summed E-state index contributed by atoms with van der Waals surface area (Å²) in [7, 11) is 1.77. The van der Waals surface area contributed by atoms with Crippen LogP contribution in [0.2, 0.25) is 0 Å². The van der Waals surface area contributed by atoms with E-state index in [0.717, 1.165) is 17.0 Å². The lowest BCUT2D eigenvalue weighted by molar-refractivity contribution is -0.123. The van der Waals surface area contributed by atoms with Crippen molar-refractivity contribution >= 4 is 34.1 Å². The molecule has 1 amide bonds. The number of fused-ring (bicyclic) bond motifs is 3. The van der Waals surface area contributed by atoms with Gasteiger partial charge in [0.05, 0.1) is 35.6 Å². The van der Waals surface area contributed by atoms with Gasteiger partial charge in [0.2, 0.25) is 5.95 Å². The van der Waals surface area contributed by atoms with Crippen LogP contribution in [0.1, 0.15) is 0 Å². The molecule has 1 saturated heterocycles. The number of furan rings is 1. The molecule has 4 aromatic heterocycles. The number of aromatic nitrogens is 5. The monoisotopic (exact) mass is 594 g/mol. The molecular weight excluding hydrogens is 562 g/mol. The maximum Gasteiger partial charge on any atom is 0.257 e. The van der Waals surface area contributed by atoms with Crippen molar-refractivity contribution in [2.24, 2.45) is 0 Å². The Morgan fingerprint density at radius 1 is 1.12 bits per heavy atom. The number of hydrogen-bond donors (Lipinski definition) is 3. The number of anilines is 2. The number of amides is 1. The number of rotatable bonds is 11. The first-order valence-corrected chi connectivity index (χ1v) is 14.0. The van der Waals surface area contributed by atoms with Crippen LogP contribution in [-0.4, -0.2) is 94.7 Å². The van der Waals surface area contributed by atoms with Gasteiger partial charge in [-0.2, -0.15) is 19.7 Å². The summed E-state index contributed by atoms with van der Waals surface area (Å²) in [6, 6.07) is 7.65. The van der Waals surface area contributed by atoms with E-state index in [1.807, 2.05) is 21.7 Å². The maximum absolute atomic E-state index is 14.7. The summed E-state index contributed by atoms with van der Waals surface area (Å²) in [6.45, 7) is 4.31. The number of ether oxygens (including phenoxy) is 1. The molecule has 0 aliphatic carbocycles. The molecule has 226 valence electrons. The summed E-state index contributed by atoms with van der Waals surface area (Å²) in [6.07, 6.45) is 3.35. The van der Waals surface area contributed by atoms with Gasteiger partial charge in [-0.15, -0.1) is 0 Å². The molecule has 0 spiro atoms. The molecule has 6 rings (SSSR count). The molecule has 43 heavy (non-hydrogen) atoms. The molecule has 15 heteroatoms. The van der Waals surface area contributed by atoms with Crippen LogP contribution >= 0.6 is 0 Å². The highest BCUT2D eigenvalue weighted by Crippen LogP contribution is 2.30. The average Bonchev–Trinajstić information content (AvgIpc) is 3.76. The summed E-state index contributed by atoms with van der Waals surface area (Å²) in [5.41, 5.74) is 8.57. The van der Waals surface area contributed by atoms with E-state index in [-0.39, 0.29) is 29.9 Å². The third kappa shape index (κ3) is 5.94. The van der Waals surface area contributed by atoms with E-state index in [9.17, 15) is 13.6 Å². The number of nitrogens with two attached hydrogens (primary N) is 1. The largest absolute Gasteiger partial charge is 0.481 e. The van der Waals surface area contributed by atoms with Crippen molar-refractivity contribution < 1.29 is 22.7 Å². The normalized spacial score (nSPS) is 14.2. The summed E-state index contributed by atoms with van der Waals surface area (Å²) in [4.78, 5) is 20.6. The quantitative estimate of drug-likeness (QED) is 0.194. The number of piperazine rings is 1. The molecule has 0 unspecified atom stereocenters. The summed E-state index contributed by atoms with van der Waals surface area (Å²) in [5, 5.41) is 15.5. The fraction of sp³-hybridized carbons (Fsp3) is 0.357. The molecule has 1 aromatic carbocycles. The minimum absolute atomic E-state index is 0.163.